The van der Waals surface area contributed by atoms with Crippen LogP contribution in [0.2, 0.25) is 0 Å². The molecule has 1 aromatic carbocycles. The first kappa shape index (κ1) is 12.8. The Morgan fingerprint density at radius 2 is 1.94 bits per heavy atom. The molecule has 0 spiro atoms. The molecule has 2 unspecified atom stereocenters. The summed E-state index contributed by atoms with van der Waals surface area (Å²) in [5.41, 5.74) is 6.98. The van der Waals surface area contributed by atoms with E-state index >= 15 is 0 Å². The van der Waals surface area contributed by atoms with Crippen LogP contribution >= 0.6 is 11.3 Å². The number of hydrogen-bond acceptors (Lipinski definition) is 3. The summed E-state index contributed by atoms with van der Waals surface area (Å²) in [5, 5.41) is 4.85. The lowest BCUT2D eigenvalue weighted by atomic mass is 10.1. The van der Waals surface area contributed by atoms with Crippen molar-refractivity contribution in [1.82, 2.24) is 5.32 Å². The Balaban J connectivity index is 1.99. The van der Waals surface area contributed by atoms with Crippen LogP contribution in [0.3, 0.4) is 0 Å². The van der Waals surface area contributed by atoms with E-state index in [1.165, 1.54) is 11.3 Å². The van der Waals surface area contributed by atoms with Crippen molar-refractivity contribution in [3.8, 4) is 0 Å². The van der Waals surface area contributed by atoms with Gasteiger partial charge in [0.05, 0.1) is 6.04 Å². The second-order valence-corrected chi connectivity index (χ2v) is 5.11. The highest BCUT2D eigenvalue weighted by atomic mass is 32.1. The standard InChI is InChI=1S/C14H16N2OS/c1-10(11-6-3-2-4-7-11)16-14(17)13(15)12-8-5-9-18-12/h2-10,13H,15H2,1H3,(H,16,17). The van der Waals surface area contributed by atoms with E-state index in [9.17, 15) is 4.79 Å². The fourth-order valence-corrected chi connectivity index (χ4v) is 2.45. The van der Waals surface area contributed by atoms with Crippen molar-refractivity contribution in [2.75, 3.05) is 0 Å². The van der Waals surface area contributed by atoms with E-state index in [2.05, 4.69) is 5.32 Å². The topological polar surface area (TPSA) is 55.1 Å². The van der Waals surface area contributed by atoms with Crippen LogP contribution in [0.1, 0.15) is 29.4 Å². The molecule has 3 N–H and O–H groups in total. The zero-order valence-electron chi connectivity index (χ0n) is 10.2. The number of thiophene rings is 1. The fourth-order valence-electron chi connectivity index (χ4n) is 1.73. The molecule has 1 aromatic heterocycles. The third-order valence-corrected chi connectivity index (χ3v) is 3.75. The Morgan fingerprint density at radius 3 is 2.56 bits per heavy atom. The Hall–Kier alpha value is -1.65. The maximum Gasteiger partial charge on any atom is 0.242 e. The van der Waals surface area contributed by atoms with Gasteiger partial charge in [-0.1, -0.05) is 36.4 Å². The van der Waals surface area contributed by atoms with Gasteiger partial charge < -0.3 is 11.1 Å². The SMILES string of the molecule is CC(NC(=O)C(N)c1cccs1)c1ccccc1. The van der Waals surface area contributed by atoms with E-state index in [-0.39, 0.29) is 11.9 Å². The molecule has 0 fully saturated rings. The average molecular weight is 260 g/mol. The summed E-state index contributed by atoms with van der Waals surface area (Å²) in [7, 11) is 0. The first-order valence-corrected chi connectivity index (χ1v) is 6.71. The van der Waals surface area contributed by atoms with Gasteiger partial charge >= 0.3 is 0 Å². The Morgan fingerprint density at radius 1 is 1.22 bits per heavy atom. The van der Waals surface area contributed by atoms with Crippen molar-refractivity contribution in [1.29, 1.82) is 0 Å². The second-order valence-electron chi connectivity index (χ2n) is 4.13. The summed E-state index contributed by atoms with van der Waals surface area (Å²) in [6.07, 6.45) is 0. The number of amides is 1. The van der Waals surface area contributed by atoms with Crippen LogP contribution in [0.5, 0.6) is 0 Å². The van der Waals surface area contributed by atoms with Crippen molar-refractivity contribution >= 4 is 17.2 Å². The molecule has 4 heteroatoms. The minimum absolute atomic E-state index is 0.0373. The maximum atomic E-state index is 12.0. The van der Waals surface area contributed by atoms with Gasteiger partial charge in [-0.05, 0) is 23.9 Å². The molecule has 0 aliphatic rings. The number of nitrogens with one attached hydrogen (secondary N) is 1. The van der Waals surface area contributed by atoms with Crippen molar-refractivity contribution in [2.24, 2.45) is 5.73 Å². The molecular weight excluding hydrogens is 244 g/mol. The highest BCUT2D eigenvalue weighted by molar-refractivity contribution is 7.10. The van der Waals surface area contributed by atoms with Gasteiger partial charge in [-0.2, -0.15) is 0 Å². The van der Waals surface area contributed by atoms with Crippen LogP contribution in [0.4, 0.5) is 0 Å². The molecule has 0 radical (unpaired) electrons. The van der Waals surface area contributed by atoms with E-state index in [0.29, 0.717) is 0 Å². The van der Waals surface area contributed by atoms with Crippen molar-refractivity contribution < 1.29 is 4.79 Å². The number of benzene rings is 1. The van der Waals surface area contributed by atoms with Crippen molar-refractivity contribution in [3.05, 3.63) is 58.3 Å². The zero-order chi connectivity index (χ0) is 13.0. The molecule has 18 heavy (non-hydrogen) atoms. The van der Waals surface area contributed by atoms with E-state index < -0.39 is 6.04 Å². The molecule has 2 atom stereocenters. The predicted molar refractivity (Wildman–Crippen MR) is 74.2 cm³/mol. The molecule has 94 valence electrons. The van der Waals surface area contributed by atoms with Crippen LogP contribution in [0.25, 0.3) is 0 Å². The number of carbonyl (C=O) groups excluding carboxylic acids is 1. The van der Waals surface area contributed by atoms with Crippen molar-refractivity contribution in [3.63, 3.8) is 0 Å². The quantitative estimate of drug-likeness (QED) is 0.888. The molecule has 0 saturated heterocycles. The number of nitrogens with two attached hydrogens (primary N) is 1. The Labute approximate surface area is 111 Å². The van der Waals surface area contributed by atoms with E-state index in [0.717, 1.165) is 10.4 Å². The van der Waals surface area contributed by atoms with Gasteiger partial charge in [0.15, 0.2) is 0 Å². The lowest BCUT2D eigenvalue weighted by Crippen LogP contribution is -2.35. The summed E-state index contributed by atoms with van der Waals surface area (Å²) in [6, 6.07) is 13.0. The number of rotatable bonds is 4. The molecule has 0 aliphatic heterocycles. The van der Waals surface area contributed by atoms with Crippen LogP contribution in [-0.4, -0.2) is 5.91 Å². The molecule has 0 saturated carbocycles. The Kier molecular flexibility index (Phi) is 4.12. The third kappa shape index (κ3) is 2.97. The summed E-state index contributed by atoms with van der Waals surface area (Å²) in [6.45, 7) is 1.95. The monoisotopic (exact) mass is 260 g/mol. The lowest BCUT2D eigenvalue weighted by Gasteiger charge is -2.17. The first-order chi connectivity index (χ1) is 8.68. The molecule has 0 aliphatic carbocycles. The van der Waals surface area contributed by atoms with Gasteiger partial charge in [0.1, 0.15) is 6.04 Å². The second kappa shape index (κ2) is 5.80. The molecule has 0 bridgehead atoms. The van der Waals surface area contributed by atoms with Crippen LogP contribution in [0, 0.1) is 0 Å². The molecule has 2 aromatic rings. The normalized spacial score (nSPS) is 13.9. The van der Waals surface area contributed by atoms with Gasteiger partial charge in [-0.15, -0.1) is 11.3 Å². The average Bonchev–Trinajstić information content (AvgIpc) is 2.92. The summed E-state index contributed by atoms with van der Waals surface area (Å²) >= 11 is 1.50. The van der Waals surface area contributed by atoms with Gasteiger partial charge in [-0.3, -0.25) is 4.79 Å². The smallest absolute Gasteiger partial charge is 0.242 e. The zero-order valence-corrected chi connectivity index (χ0v) is 11.0. The molecule has 2 rings (SSSR count). The fraction of sp³-hybridized carbons (Fsp3) is 0.214. The van der Waals surface area contributed by atoms with Gasteiger partial charge in [0, 0.05) is 4.88 Å². The molecule has 1 amide bonds. The van der Waals surface area contributed by atoms with Crippen LogP contribution in [-0.2, 0) is 4.79 Å². The van der Waals surface area contributed by atoms with Gasteiger partial charge in [0.25, 0.3) is 0 Å². The molecule has 3 nitrogen and oxygen atoms in total. The molecule has 1 heterocycles. The Bertz CT molecular complexity index is 496. The first-order valence-electron chi connectivity index (χ1n) is 5.83. The summed E-state index contributed by atoms with van der Waals surface area (Å²) in [5.74, 6) is -0.145. The number of carbonyl (C=O) groups is 1. The third-order valence-electron chi connectivity index (χ3n) is 2.79. The predicted octanol–water partition coefficient (Wildman–Crippen LogP) is 2.63. The van der Waals surface area contributed by atoms with E-state index in [1.807, 2.05) is 54.8 Å². The highest BCUT2D eigenvalue weighted by Gasteiger charge is 2.18. The molecular formula is C14H16N2OS. The van der Waals surface area contributed by atoms with Gasteiger partial charge in [0.2, 0.25) is 5.91 Å². The highest BCUT2D eigenvalue weighted by Crippen LogP contribution is 2.18. The summed E-state index contributed by atoms with van der Waals surface area (Å²) < 4.78 is 0. The van der Waals surface area contributed by atoms with E-state index in [1.54, 1.807) is 0 Å². The summed E-state index contributed by atoms with van der Waals surface area (Å²) in [4.78, 5) is 12.9. The van der Waals surface area contributed by atoms with Crippen LogP contribution < -0.4 is 11.1 Å². The maximum absolute atomic E-state index is 12.0. The van der Waals surface area contributed by atoms with E-state index in [4.69, 9.17) is 5.73 Å². The largest absolute Gasteiger partial charge is 0.348 e. The van der Waals surface area contributed by atoms with Crippen LogP contribution in [0.15, 0.2) is 47.8 Å². The van der Waals surface area contributed by atoms with Gasteiger partial charge in [-0.25, -0.2) is 0 Å². The lowest BCUT2D eigenvalue weighted by molar-refractivity contribution is -0.123. The minimum Gasteiger partial charge on any atom is -0.348 e. The van der Waals surface area contributed by atoms with Crippen molar-refractivity contribution in [2.45, 2.75) is 19.0 Å². The minimum atomic E-state index is -0.587. The number of hydrogen-bond donors (Lipinski definition) is 2.